The van der Waals surface area contributed by atoms with E-state index in [0.717, 1.165) is 12.2 Å². The smallest absolute Gasteiger partial charge is 0.226 e. The fraction of sp³-hybridized carbons (Fsp3) is 0.125. The minimum Gasteiger partial charge on any atom is -0.376 e. The molecule has 0 fully saturated rings. The average molecular weight is 133 g/mol. The molecule has 2 heterocycles. The van der Waals surface area contributed by atoms with Crippen molar-refractivity contribution >= 4 is 11.8 Å². The van der Waals surface area contributed by atoms with Gasteiger partial charge in [-0.2, -0.15) is 0 Å². The largest absolute Gasteiger partial charge is 0.376 e. The van der Waals surface area contributed by atoms with Crippen LogP contribution in [0, 0.1) is 0 Å². The Morgan fingerprint density at radius 2 is 2.50 bits per heavy atom. The Morgan fingerprint density at radius 1 is 1.50 bits per heavy atom. The molecule has 2 heteroatoms. The summed E-state index contributed by atoms with van der Waals surface area (Å²) in [6.45, 7) is 0.935. The fourth-order valence-electron chi connectivity index (χ4n) is 1.09. The van der Waals surface area contributed by atoms with Crippen molar-refractivity contribution in [2.75, 3.05) is 11.9 Å². The van der Waals surface area contributed by atoms with Crippen molar-refractivity contribution in [1.82, 2.24) is 0 Å². The van der Waals surface area contributed by atoms with Crippen LogP contribution in [0.25, 0.3) is 6.08 Å². The van der Waals surface area contributed by atoms with Crippen LogP contribution < -0.4 is 10.3 Å². The van der Waals surface area contributed by atoms with Crippen molar-refractivity contribution in [2.45, 2.75) is 0 Å². The van der Waals surface area contributed by atoms with E-state index in [1.54, 1.807) is 0 Å². The van der Waals surface area contributed by atoms with E-state index in [9.17, 15) is 0 Å². The standard InChI is InChI=1S/C8H8N2/c1-3-7-8(9-5-1)4-2-6-10-7/h1-5,10H,6H2/p+1. The lowest BCUT2D eigenvalue weighted by molar-refractivity contribution is -0.380. The van der Waals surface area contributed by atoms with Crippen molar-refractivity contribution in [3.63, 3.8) is 0 Å². The number of hydrogen-bond acceptors (Lipinski definition) is 1. The van der Waals surface area contributed by atoms with Gasteiger partial charge in [0, 0.05) is 18.7 Å². The molecule has 1 aliphatic heterocycles. The summed E-state index contributed by atoms with van der Waals surface area (Å²) in [5.74, 6) is 0. The lowest BCUT2D eigenvalue weighted by atomic mass is 10.2. The van der Waals surface area contributed by atoms with E-state index >= 15 is 0 Å². The predicted molar refractivity (Wildman–Crippen MR) is 40.5 cm³/mol. The zero-order chi connectivity index (χ0) is 6.81. The molecule has 2 N–H and O–H groups in total. The Hall–Kier alpha value is -1.31. The topological polar surface area (TPSA) is 26.2 Å². The molecule has 0 atom stereocenters. The molecule has 0 unspecified atom stereocenters. The maximum absolute atomic E-state index is 3.24. The highest BCUT2D eigenvalue weighted by Crippen LogP contribution is 2.13. The monoisotopic (exact) mass is 133 g/mol. The molecular weight excluding hydrogens is 124 g/mol. The summed E-state index contributed by atoms with van der Waals surface area (Å²) in [5, 5.41) is 3.24. The van der Waals surface area contributed by atoms with E-state index in [1.165, 1.54) is 5.69 Å². The summed E-state index contributed by atoms with van der Waals surface area (Å²) in [6.07, 6.45) is 6.11. The van der Waals surface area contributed by atoms with Crippen LogP contribution in [-0.4, -0.2) is 6.54 Å². The maximum atomic E-state index is 3.24. The van der Waals surface area contributed by atoms with Crippen molar-refractivity contribution in [3.05, 3.63) is 30.1 Å². The van der Waals surface area contributed by atoms with Gasteiger partial charge in [0.15, 0.2) is 6.20 Å². The molecule has 0 aromatic carbocycles. The quantitative estimate of drug-likeness (QED) is 0.560. The number of nitrogens with one attached hydrogen (secondary N) is 2. The van der Waals surface area contributed by atoms with Crippen LogP contribution in [0.5, 0.6) is 0 Å². The minimum absolute atomic E-state index is 0.935. The van der Waals surface area contributed by atoms with Crippen LogP contribution in [0.4, 0.5) is 5.69 Å². The second-order valence-electron chi connectivity index (χ2n) is 2.28. The summed E-state index contributed by atoms with van der Waals surface area (Å²) < 4.78 is 0. The SMILES string of the molecule is C1=Cc2[nH+]cccc2NC1. The predicted octanol–water partition coefficient (Wildman–Crippen LogP) is 0.939. The third-order valence-electron chi connectivity index (χ3n) is 1.58. The molecular formula is C8H9N2+. The molecule has 10 heavy (non-hydrogen) atoms. The highest BCUT2D eigenvalue weighted by molar-refractivity contribution is 5.63. The van der Waals surface area contributed by atoms with Crippen molar-refractivity contribution in [3.8, 4) is 0 Å². The summed E-state index contributed by atoms with van der Waals surface area (Å²) in [5.41, 5.74) is 2.35. The first kappa shape index (κ1) is 5.47. The molecule has 50 valence electrons. The van der Waals surface area contributed by atoms with E-state index in [0.29, 0.717) is 0 Å². The van der Waals surface area contributed by atoms with Gasteiger partial charge in [0.1, 0.15) is 5.69 Å². The zero-order valence-corrected chi connectivity index (χ0v) is 5.59. The van der Waals surface area contributed by atoms with Crippen LogP contribution in [0.2, 0.25) is 0 Å². The van der Waals surface area contributed by atoms with Gasteiger partial charge in [0.05, 0.1) is 0 Å². The minimum atomic E-state index is 0.935. The number of pyridine rings is 1. The van der Waals surface area contributed by atoms with Gasteiger partial charge in [-0.05, 0) is 6.07 Å². The lowest BCUT2D eigenvalue weighted by Crippen LogP contribution is -2.14. The molecule has 1 aliphatic rings. The summed E-state index contributed by atoms with van der Waals surface area (Å²) in [6, 6.07) is 4.06. The van der Waals surface area contributed by atoms with Crippen LogP contribution in [0.15, 0.2) is 24.4 Å². The highest BCUT2D eigenvalue weighted by Gasteiger charge is 2.06. The average Bonchev–Trinajstić information content (AvgIpc) is 2.05. The van der Waals surface area contributed by atoms with Crippen molar-refractivity contribution in [2.24, 2.45) is 0 Å². The third kappa shape index (κ3) is 0.778. The van der Waals surface area contributed by atoms with Gasteiger partial charge in [0.25, 0.3) is 0 Å². The van der Waals surface area contributed by atoms with Gasteiger partial charge >= 0.3 is 0 Å². The number of H-pyrrole nitrogens is 1. The van der Waals surface area contributed by atoms with Crippen LogP contribution >= 0.6 is 0 Å². The molecule has 0 saturated carbocycles. The number of aromatic amines is 1. The molecule has 0 amide bonds. The highest BCUT2D eigenvalue weighted by atomic mass is 14.9. The summed E-state index contributed by atoms with van der Waals surface area (Å²) >= 11 is 0. The first-order valence-corrected chi connectivity index (χ1v) is 3.38. The molecule has 0 aliphatic carbocycles. The number of hydrogen-bond donors (Lipinski definition) is 1. The van der Waals surface area contributed by atoms with Gasteiger partial charge in [-0.1, -0.05) is 6.08 Å². The summed E-state index contributed by atoms with van der Waals surface area (Å²) in [4.78, 5) is 3.14. The molecule has 2 rings (SSSR count). The number of anilines is 1. The van der Waals surface area contributed by atoms with Crippen LogP contribution in [0.3, 0.4) is 0 Å². The zero-order valence-electron chi connectivity index (χ0n) is 5.59. The molecule has 1 aromatic heterocycles. The van der Waals surface area contributed by atoms with Gasteiger partial charge < -0.3 is 5.32 Å². The normalized spacial score (nSPS) is 14.0. The van der Waals surface area contributed by atoms with Crippen LogP contribution in [-0.2, 0) is 0 Å². The van der Waals surface area contributed by atoms with Crippen LogP contribution in [0.1, 0.15) is 5.69 Å². The Balaban J connectivity index is 2.54. The van der Waals surface area contributed by atoms with E-state index < -0.39 is 0 Å². The molecule has 2 nitrogen and oxygen atoms in total. The maximum Gasteiger partial charge on any atom is 0.226 e. The van der Waals surface area contributed by atoms with Gasteiger partial charge in [-0.25, -0.2) is 4.98 Å². The summed E-state index contributed by atoms with van der Waals surface area (Å²) in [7, 11) is 0. The second kappa shape index (κ2) is 2.14. The first-order chi connectivity index (χ1) is 4.97. The Labute approximate surface area is 59.6 Å². The molecule has 0 bridgehead atoms. The Morgan fingerprint density at radius 3 is 3.40 bits per heavy atom. The Bertz CT molecular complexity index is 266. The van der Waals surface area contributed by atoms with E-state index in [2.05, 4.69) is 28.5 Å². The Kier molecular flexibility index (Phi) is 1.17. The number of rotatable bonds is 0. The van der Waals surface area contributed by atoms with Gasteiger partial charge in [-0.3, -0.25) is 0 Å². The number of fused-ring (bicyclic) bond motifs is 1. The van der Waals surface area contributed by atoms with E-state index in [-0.39, 0.29) is 0 Å². The second-order valence-corrected chi connectivity index (χ2v) is 2.28. The molecule has 1 aromatic rings. The van der Waals surface area contributed by atoms with Gasteiger partial charge in [0.2, 0.25) is 5.69 Å². The number of aromatic nitrogens is 1. The third-order valence-corrected chi connectivity index (χ3v) is 1.58. The molecule has 0 saturated heterocycles. The first-order valence-electron chi connectivity index (χ1n) is 3.38. The fourth-order valence-corrected chi connectivity index (χ4v) is 1.09. The molecule has 0 radical (unpaired) electrons. The molecule has 0 spiro atoms. The van der Waals surface area contributed by atoms with E-state index in [1.807, 2.05) is 12.3 Å². The van der Waals surface area contributed by atoms with Crippen molar-refractivity contribution in [1.29, 1.82) is 0 Å². The van der Waals surface area contributed by atoms with Gasteiger partial charge in [-0.15, -0.1) is 0 Å². The lowest BCUT2D eigenvalue weighted by Gasteiger charge is -2.05. The van der Waals surface area contributed by atoms with Crippen molar-refractivity contribution < 1.29 is 4.98 Å². The van der Waals surface area contributed by atoms with E-state index in [4.69, 9.17) is 0 Å².